The van der Waals surface area contributed by atoms with Crippen LogP contribution in [0.2, 0.25) is 0 Å². The van der Waals surface area contributed by atoms with Crippen LogP contribution in [0.1, 0.15) is 37.9 Å². The van der Waals surface area contributed by atoms with Crippen LogP contribution >= 0.6 is 0 Å². The number of alkyl halides is 3. The highest BCUT2D eigenvalue weighted by Crippen LogP contribution is 2.52. The highest BCUT2D eigenvalue weighted by Gasteiger charge is 2.64. The van der Waals surface area contributed by atoms with Crippen LogP contribution in [0.15, 0.2) is 24.3 Å². The summed E-state index contributed by atoms with van der Waals surface area (Å²) in [6, 6.07) is 3.97. The lowest BCUT2D eigenvalue weighted by atomic mass is 9.63. The maximum Gasteiger partial charge on any atom is 0.416 e. The van der Waals surface area contributed by atoms with Gasteiger partial charge < -0.3 is 10.0 Å². The molecular formula is C15H18F3NO2. The Morgan fingerprint density at radius 1 is 1.24 bits per heavy atom. The Morgan fingerprint density at radius 2 is 1.81 bits per heavy atom. The predicted octanol–water partition coefficient (Wildman–Crippen LogP) is 3.00. The fraction of sp³-hybridized carbons (Fsp3) is 0.533. The third kappa shape index (κ3) is 2.21. The van der Waals surface area contributed by atoms with Crippen LogP contribution in [-0.2, 0) is 11.0 Å². The molecule has 2 atom stereocenters. The number of carbonyl (C=O) groups is 1. The van der Waals surface area contributed by atoms with Gasteiger partial charge in [-0.05, 0) is 17.7 Å². The molecule has 1 aliphatic heterocycles. The maximum absolute atomic E-state index is 12.8. The molecule has 116 valence electrons. The Morgan fingerprint density at radius 3 is 2.29 bits per heavy atom. The largest absolute Gasteiger partial charge is 0.416 e. The van der Waals surface area contributed by atoms with Crippen LogP contribution in [0.25, 0.3) is 0 Å². The first kappa shape index (κ1) is 15.8. The molecule has 1 N–H and O–H groups in total. The van der Waals surface area contributed by atoms with Crippen LogP contribution in [0.5, 0.6) is 0 Å². The van der Waals surface area contributed by atoms with Crippen LogP contribution in [0.3, 0.4) is 0 Å². The average molecular weight is 301 g/mol. The van der Waals surface area contributed by atoms with E-state index < -0.39 is 34.7 Å². The minimum absolute atomic E-state index is 0.282. The van der Waals surface area contributed by atoms with Gasteiger partial charge >= 0.3 is 6.18 Å². The van der Waals surface area contributed by atoms with Gasteiger partial charge in [0.2, 0.25) is 0 Å². The normalized spacial score (nSPS) is 26.8. The quantitative estimate of drug-likeness (QED) is 0.810. The molecule has 0 bridgehead atoms. The smallest absolute Gasteiger partial charge is 0.377 e. The first-order valence-corrected chi connectivity index (χ1v) is 6.57. The summed E-state index contributed by atoms with van der Waals surface area (Å²) in [4.78, 5) is 13.3. The van der Waals surface area contributed by atoms with Gasteiger partial charge in [-0.25, -0.2) is 0 Å². The first-order valence-electron chi connectivity index (χ1n) is 6.57. The van der Waals surface area contributed by atoms with E-state index in [4.69, 9.17) is 0 Å². The molecule has 0 saturated carbocycles. The Hall–Kier alpha value is -1.56. The van der Waals surface area contributed by atoms with Gasteiger partial charge in [-0.15, -0.1) is 0 Å². The second kappa shape index (κ2) is 4.47. The molecular weight excluding hydrogens is 283 g/mol. The molecule has 0 aromatic heterocycles. The summed E-state index contributed by atoms with van der Waals surface area (Å²) >= 11 is 0. The Bertz CT molecular complexity index is 577. The predicted molar refractivity (Wildman–Crippen MR) is 71.4 cm³/mol. The number of amides is 1. The van der Waals surface area contributed by atoms with Gasteiger partial charge in [0.1, 0.15) is 0 Å². The number of carbonyl (C=O) groups excluding carboxylic acids is 1. The molecule has 1 fully saturated rings. The second-order valence-electron chi connectivity index (χ2n) is 6.46. The summed E-state index contributed by atoms with van der Waals surface area (Å²) in [6.45, 7) is 5.08. The number of hydrogen-bond acceptors (Lipinski definition) is 2. The van der Waals surface area contributed by atoms with E-state index in [1.165, 1.54) is 24.1 Å². The lowest BCUT2D eigenvalue weighted by Gasteiger charge is -2.57. The standard InChI is InChI=1S/C15H18F3NO2/c1-13(2,3)14(21)11(19(4)12(14)20)9-6-5-7-10(8-9)15(16,17)18/h5-8,11,21H,1-4H3. The molecule has 0 radical (unpaired) electrons. The summed E-state index contributed by atoms with van der Waals surface area (Å²) in [5.41, 5.74) is -2.99. The van der Waals surface area contributed by atoms with Gasteiger partial charge in [0, 0.05) is 12.5 Å². The average Bonchev–Trinajstić information content (AvgIpc) is 2.36. The topological polar surface area (TPSA) is 40.5 Å². The summed E-state index contributed by atoms with van der Waals surface area (Å²) in [7, 11) is 1.48. The number of halogens is 3. The molecule has 1 heterocycles. The van der Waals surface area contributed by atoms with Gasteiger partial charge in [0.05, 0.1) is 11.6 Å². The van der Waals surface area contributed by atoms with Crippen molar-refractivity contribution in [2.75, 3.05) is 7.05 Å². The minimum atomic E-state index is -4.46. The lowest BCUT2D eigenvalue weighted by Crippen LogP contribution is -2.72. The van der Waals surface area contributed by atoms with Crippen molar-refractivity contribution >= 4 is 5.91 Å². The van der Waals surface area contributed by atoms with Crippen LogP contribution in [0, 0.1) is 5.41 Å². The van der Waals surface area contributed by atoms with Crippen LogP contribution in [-0.4, -0.2) is 28.6 Å². The number of benzene rings is 1. The molecule has 1 aliphatic rings. The number of rotatable bonds is 1. The first-order chi connectivity index (χ1) is 9.40. The van der Waals surface area contributed by atoms with E-state index in [-0.39, 0.29) is 5.56 Å². The molecule has 0 aliphatic carbocycles. The molecule has 3 nitrogen and oxygen atoms in total. The zero-order valence-electron chi connectivity index (χ0n) is 12.3. The van der Waals surface area contributed by atoms with E-state index in [1.54, 1.807) is 20.8 Å². The van der Waals surface area contributed by atoms with Crippen molar-refractivity contribution in [2.45, 2.75) is 38.6 Å². The number of hydrogen-bond donors (Lipinski definition) is 1. The molecule has 1 amide bonds. The van der Waals surface area contributed by atoms with E-state index in [0.717, 1.165) is 12.1 Å². The lowest BCUT2D eigenvalue weighted by molar-refractivity contribution is -0.212. The zero-order chi connectivity index (χ0) is 16.2. The molecule has 2 unspecified atom stereocenters. The fourth-order valence-corrected chi connectivity index (χ4v) is 2.80. The summed E-state index contributed by atoms with van der Waals surface area (Å²) in [6.07, 6.45) is -4.46. The molecule has 1 aromatic carbocycles. The van der Waals surface area contributed by atoms with E-state index >= 15 is 0 Å². The van der Waals surface area contributed by atoms with E-state index in [2.05, 4.69) is 0 Å². The number of β-lactam (4-membered cyclic amide) rings is 1. The highest BCUT2D eigenvalue weighted by atomic mass is 19.4. The summed E-state index contributed by atoms with van der Waals surface area (Å²) < 4.78 is 38.4. The van der Waals surface area contributed by atoms with Crippen molar-refractivity contribution in [1.82, 2.24) is 4.90 Å². The molecule has 0 spiro atoms. The number of nitrogens with zero attached hydrogens (tertiary/aromatic N) is 1. The van der Waals surface area contributed by atoms with Crippen molar-refractivity contribution in [3.8, 4) is 0 Å². The second-order valence-corrected chi connectivity index (χ2v) is 6.46. The monoisotopic (exact) mass is 301 g/mol. The minimum Gasteiger partial charge on any atom is -0.377 e. The third-order valence-corrected chi connectivity index (χ3v) is 4.10. The third-order valence-electron chi connectivity index (χ3n) is 4.10. The van der Waals surface area contributed by atoms with Crippen molar-refractivity contribution in [2.24, 2.45) is 5.41 Å². The number of aliphatic hydroxyl groups is 1. The zero-order valence-corrected chi connectivity index (χ0v) is 12.3. The van der Waals surface area contributed by atoms with E-state index in [0.29, 0.717) is 0 Å². The molecule has 2 rings (SSSR count). The molecule has 1 aromatic rings. The van der Waals surface area contributed by atoms with Crippen LogP contribution in [0.4, 0.5) is 13.2 Å². The van der Waals surface area contributed by atoms with Crippen LogP contribution < -0.4 is 0 Å². The SMILES string of the molecule is CN1C(=O)C(O)(C(C)(C)C)C1c1cccc(C(F)(F)F)c1. The highest BCUT2D eigenvalue weighted by molar-refractivity contribution is 5.93. The van der Waals surface area contributed by atoms with E-state index in [1.807, 2.05) is 0 Å². The van der Waals surface area contributed by atoms with Crippen molar-refractivity contribution < 1.29 is 23.1 Å². The van der Waals surface area contributed by atoms with Gasteiger partial charge in [0.15, 0.2) is 5.60 Å². The van der Waals surface area contributed by atoms with Gasteiger partial charge in [-0.3, -0.25) is 4.79 Å². The molecule has 21 heavy (non-hydrogen) atoms. The van der Waals surface area contributed by atoms with Crippen molar-refractivity contribution in [3.63, 3.8) is 0 Å². The summed E-state index contributed by atoms with van der Waals surface area (Å²) in [5, 5.41) is 10.7. The Kier molecular flexibility index (Phi) is 3.36. The molecule has 1 saturated heterocycles. The van der Waals surface area contributed by atoms with Gasteiger partial charge in [-0.1, -0.05) is 32.9 Å². The van der Waals surface area contributed by atoms with Gasteiger partial charge in [-0.2, -0.15) is 13.2 Å². The fourth-order valence-electron chi connectivity index (χ4n) is 2.80. The van der Waals surface area contributed by atoms with Crippen molar-refractivity contribution in [3.05, 3.63) is 35.4 Å². The number of likely N-dealkylation sites (N-methyl/N-ethyl adjacent to an activating group) is 1. The summed E-state index contributed by atoms with van der Waals surface area (Å²) in [5.74, 6) is -0.475. The van der Waals surface area contributed by atoms with Crippen molar-refractivity contribution in [1.29, 1.82) is 0 Å². The van der Waals surface area contributed by atoms with Gasteiger partial charge in [0.25, 0.3) is 5.91 Å². The Balaban J connectivity index is 2.49. The molecule has 6 heteroatoms. The number of likely N-dealkylation sites (tertiary alicyclic amines) is 1. The van der Waals surface area contributed by atoms with E-state index in [9.17, 15) is 23.1 Å². The Labute approximate surface area is 121 Å². The maximum atomic E-state index is 12.8.